The molecule has 1 saturated heterocycles. The Labute approximate surface area is 152 Å². The lowest BCUT2D eigenvalue weighted by Crippen LogP contribution is -2.27. The zero-order valence-corrected chi connectivity index (χ0v) is 15.3. The van der Waals surface area contributed by atoms with Crippen LogP contribution in [0.5, 0.6) is 0 Å². The van der Waals surface area contributed by atoms with Crippen LogP contribution in [0.3, 0.4) is 0 Å². The molecule has 3 rings (SSSR count). The zero-order valence-electron chi connectivity index (χ0n) is 12.9. The Kier molecular flexibility index (Phi) is 4.78. The Balaban J connectivity index is 1.86. The Morgan fingerprint density at radius 3 is 2.79 bits per heavy atom. The molecule has 0 bridgehead atoms. The third-order valence-corrected chi connectivity index (χ3v) is 5.33. The lowest BCUT2D eigenvalue weighted by atomic mass is 10.1. The second-order valence-corrected chi connectivity index (χ2v) is 7.09. The summed E-state index contributed by atoms with van der Waals surface area (Å²) < 4.78 is 6.83. The summed E-state index contributed by atoms with van der Waals surface area (Å²) in [5.41, 5.74) is 2.06. The number of carbonyl (C=O) groups excluding carboxylic acids is 2. The lowest BCUT2D eigenvalue weighted by molar-refractivity contribution is -0.122. The fourth-order valence-electron chi connectivity index (χ4n) is 2.30. The summed E-state index contributed by atoms with van der Waals surface area (Å²) >= 11 is 4.38. The smallest absolute Gasteiger partial charge is 0.293 e. The summed E-state index contributed by atoms with van der Waals surface area (Å²) in [6, 6.07) is 9.58. The molecule has 2 heterocycles. The van der Waals surface area contributed by atoms with Crippen LogP contribution < -0.4 is 0 Å². The van der Waals surface area contributed by atoms with E-state index in [0.717, 1.165) is 32.3 Å². The van der Waals surface area contributed by atoms with Crippen molar-refractivity contribution in [1.29, 1.82) is 0 Å². The van der Waals surface area contributed by atoms with E-state index < -0.39 is 0 Å². The van der Waals surface area contributed by atoms with Gasteiger partial charge in [-0.3, -0.25) is 14.5 Å². The van der Waals surface area contributed by atoms with Crippen molar-refractivity contribution < 1.29 is 14.0 Å². The van der Waals surface area contributed by atoms with Crippen LogP contribution in [0.15, 0.2) is 56.8 Å². The summed E-state index contributed by atoms with van der Waals surface area (Å²) in [5, 5.41) is -0.290. The molecule has 4 nitrogen and oxygen atoms in total. The van der Waals surface area contributed by atoms with Gasteiger partial charge < -0.3 is 4.42 Å². The van der Waals surface area contributed by atoms with E-state index in [1.54, 1.807) is 12.1 Å². The van der Waals surface area contributed by atoms with Crippen LogP contribution in [0.25, 0.3) is 17.4 Å². The first-order valence-corrected chi connectivity index (χ1v) is 8.83. The number of amides is 2. The van der Waals surface area contributed by atoms with Crippen molar-refractivity contribution in [2.45, 2.75) is 6.92 Å². The molecule has 0 radical (unpaired) electrons. The minimum atomic E-state index is -0.317. The minimum absolute atomic E-state index is 0.212. The number of aryl methyl sites for hydroxylation is 1. The number of halogens is 1. The molecule has 0 saturated carbocycles. The molecular weight excluding hydrogens is 390 g/mol. The van der Waals surface area contributed by atoms with Gasteiger partial charge in [0.1, 0.15) is 11.5 Å². The second-order valence-electron chi connectivity index (χ2n) is 5.25. The van der Waals surface area contributed by atoms with Gasteiger partial charge in [0.25, 0.3) is 11.1 Å². The van der Waals surface area contributed by atoms with E-state index in [1.807, 2.05) is 31.2 Å². The van der Waals surface area contributed by atoms with E-state index >= 15 is 0 Å². The van der Waals surface area contributed by atoms with Gasteiger partial charge in [0, 0.05) is 22.7 Å². The van der Waals surface area contributed by atoms with Crippen LogP contribution >= 0.6 is 27.7 Å². The van der Waals surface area contributed by atoms with Crippen LogP contribution in [0.2, 0.25) is 0 Å². The van der Waals surface area contributed by atoms with Gasteiger partial charge in [-0.1, -0.05) is 28.1 Å². The highest BCUT2D eigenvalue weighted by atomic mass is 79.9. The van der Waals surface area contributed by atoms with E-state index in [-0.39, 0.29) is 17.7 Å². The zero-order chi connectivity index (χ0) is 17.3. The molecule has 6 heteroatoms. The molecule has 122 valence electrons. The first kappa shape index (κ1) is 16.8. The Morgan fingerprint density at radius 1 is 1.29 bits per heavy atom. The van der Waals surface area contributed by atoms with E-state index in [4.69, 9.17) is 4.42 Å². The molecule has 1 aliphatic heterocycles. The summed E-state index contributed by atoms with van der Waals surface area (Å²) in [6.07, 6.45) is 3.13. The first-order valence-electron chi connectivity index (χ1n) is 7.22. The van der Waals surface area contributed by atoms with Crippen LogP contribution in [0.1, 0.15) is 11.3 Å². The number of furan rings is 1. The number of rotatable bonds is 4. The van der Waals surface area contributed by atoms with Crippen molar-refractivity contribution in [1.82, 2.24) is 4.90 Å². The molecule has 2 aromatic rings. The standard InChI is InChI=1S/C18H14BrNO3S/c1-3-8-20-17(21)16(24-18(20)22)10-13-5-7-15(23-13)12-4-6-14(19)11(2)9-12/h3-7,9-10H,1,8H2,2H3/b16-10-. The SMILES string of the molecule is C=CCN1C(=O)S/C(=C\c2ccc(-c3ccc(Br)c(C)c3)o2)C1=O. The summed E-state index contributed by atoms with van der Waals surface area (Å²) in [6.45, 7) is 5.77. The van der Waals surface area contributed by atoms with Crippen LogP contribution in [0, 0.1) is 6.92 Å². The molecule has 0 aliphatic carbocycles. The molecule has 0 N–H and O–H groups in total. The molecule has 0 atom stereocenters. The normalized spacial score (nSPS) is 16.2. The third-order valence-electron chi connectivity index (χ3n) is 3.53. The first-order chi connectivity index (χ1) is 11.5. The van der Waals surface area contributed by atoms with Gasteiger partial charge in [-0.05, 0) is 48.5 Å². The predicted octanol–water partition coefficient (Wildman–Crippen LogP) is 5.24. The van der Waals surface area contributed by atoms with Crippen molar-refractivity contribution in [3.63, 3.8) is 0 Å². The summed E-state index contributed by atoms with van der Waals surface area (Å²) in [4.78, 5) is 25.5. The van der Waals surface area contributed by atoms with Crippen molar-refractivity contribution in [3.05, 3.63) is 63.7 Å². The third kappa shape index (κ3) is 3.25. The number of thioether (sulfide) groups is 1. The Hall–Kier alpha value is -2.05. The molecule has 1 aromatic heterocycles. The van der Waals surface area contributed by atoms with Crippen LogP contribution in [-0.2, 0) is 4.79 Å². The summed E-state index contributed by atoms with van der Waals surface area (Å²) in [7, 11) is 0. The van der Waals surface area contributed by atoms with Crippen molar-refractivity contribution in [3.8, 4) is 11.3 Å². The molecule has 2 amide bonds. The maximum Gasteiger partial charge on any atom is 0.293 e. The van der Waals surface area contributed by atoms with E-state index in [0.29, 0.717) is 16.4 Å². The molecule has 0 spiro atoms. The van der Waals surface area contributed by atoms with Crippen molar-refractivity contribution in [2.75, 3.05) is 6.54 Å². The average molecular weight is 404 g/mol. The number of imide groups is 1. The van der Waals surface area contributed by atoms with Crippen LogP contribution in [-0.4, -0.2) is 22.6 Å². The monoisotopic (exact) mass is 403 g/mol. The fraction of sp³-hybridized carbons (Fsp3) is 0.111. The highest BCUT2D eigenvalue weighted by Gasteiger charge is 2.34. The summed E-state index contributed by atoms with van der Waals surface area (Å²) in [5.74, 6) is 0.930. The lowest BCUT2D eigenvalue weighted by Gasteiger charge is -2.07. The quantitative estimate of drug-likeness (QED) is 0.517. The number of hydrogen-bond donors (Lipinski definition) is 0. The van der Waals surface area contributed by atoms with Gasteiger partial charge in [-0.25, -0.2) is 0 Å². The predicted molar refractivity (Wildman–Crippen MR) is 99.5 cm³/mol. The number of hydrogen-bond acceptors (Lipinski definition) is 4. The van der Waals surface area contributed by atoms with Gasteiger partial charge in [0.2, 0.25) is 0 Å². The topological polar surface area (TPSA) is 50.5 Å². The highest BCUT2D eigenvalue weighted by Crippen LogP contribution is 2.33. The largest absolute Gasteiger partial charge is 0.457 e. The second kappa shape index (κ2) is 6.83. The maximum atomic E-state index is 12.2. The molecule has 24 heavy (non-hydrogen) atoms. The maximum absolute atomic E-state index is 12.2. The molecule has 0 unspecified atom stereocenters. The minimum Gasteiger partial charge on any atom is -0.457 e. The Bertz CT molecular complexity index is 869. The molecule has 1 fully saturated rings. The average Bonchev–Trinajstić information content (AvgIpc) is 3.11. The molecular formula is C18H14BrNO3S. The van der Waals surface area contributed by atoms with Gasteiger partial charge in [0.15, 0.2) is 0 Å². The molecule has 1 aliphatic rings. The van der Waals surface area contributed by atoms with Gasteiger partial charge in [-0.2, -0.15) is 0 Å². The van der Waals surface area contributed by atoms with Gasteiger partial charge in [0.05, 0.1) is 4.91 Å². The fourth-order valence-corrected chi connectivity index (χ4v) is 3.37. The van der Waals surface area contributed by atoms with Crippen molar-refractivity contribution in [2.24, 2.45) is 0 Å². The van der Waals surface area contributed by atoms with E-state index in [2.05, 4.69) is 22.5 Å². The number of nitrogens with zero attached hydrogens (tertiary/aromatic N) is 1. The highest BCUT2D eigenvalue weighted by molar-refractivity contribution is 9.10. The van der Waals surface area contributed by atoms with Crippen LogP contribution in [0.4, 0.5) is 4.79 Å². The van der Waals surface area contributed by atoms with Gasteiger partial charge >= 0.3 is 0 Å². The van der Waals surface area contributed by atoms with Gasteiger partial charge in [-0.15, -0.1) is 6.58 Å². The number of benzene rings is 1. The van der Waals surface area contributed by atoms with E-state index in [1.165, 1.54) is 6.08 Å². The van der Waals surface area contributed by atoms with E-state index in [9.17, 15) is 9.59 Å². The Morgan fingerprint density at radius 2 is 2.08 bits per heavy atom. The van der Waals surface area contributed by atoms with Crippen molar-refractivity contribution >= 4 is 44.9 Å². The molecule has 1 aromatic carbocycles. The number of carbonyl (C=O) groups is 2.